The number of likely N-dealkylation sites (N-methyl/N-ethyl adjacent to an activating group) is 1. The van der Waals surface area contributed by atoms with Crippen LogP contribution in [0.1, 0.15) is 22.3 Å². The summed E-state index contributed by atoms with van der Waals surface area (Å²) in [7, 11) is 4.95. The highest BCUT2D eigenvalue weighted by molar-refractivity contribution is 5.95. The van der Waals surface area contributed by atoms with E-state index in [9.17, 15) is 4.79 Å². The third kappa shape index (κ3) is 4.34. The minimum atomic E-state index is -0.0603. The molecule has 27 heavy (non-hydrogen) atoms. The standard InChI is InChI=1S/C21H26N2O4/c1-23(17-9-10-22-13-17)21(24)16-11-18(25-2)20(19(12-16)26-3)27-14-15-7-5-4-6-8-15/h4-8,11-12,17,22H,9-10,13-14H2,1-3H3. The van der Waals surface area contributed by atoms with E-state index < -0.39 is 0 Å². The lowest BCUT2D eigenvalue weighted by atomic mass is 10.1. The molecule has 1 N–H and O–H groups in total. The average Bonchev–Trinajstić information content (AvgIpc) is 3.26. The van der Waals surface area contributed by atoms with Crippen LogP contribution >= 0.6 is 0 Å². The summed E-state index contributed by atoms with van der Waals surface area (Å²) in [5.41, 5.74) is 1.56. The van der Waals surface area contributed by atoms with Crippen molar-refractivity contribution in [3.05, 3.63) is 53.6 Å². The lowest BCUT2D eigenvalue weighted by molar-refractivity contribution is 0.0743. The van der Waals surface area contributed by atoms with E-state index in [0.29, 0.717) is 29.4 Å². The molecule has 0 spiro atoms. The van der Waals surface area contributed by atoms with Gasteiger partial charge in [-0.1, -0.05) is 30.3 Å². The molecule has 0 bridgehead atoms. The van der Waals surface area contributed by atoms with E-state index in [1.807, 2.05) is 37.4 Å². The van der Waals surface area contributed by atoms with Crippen molar-refractivity contribution in [2.75, 3.05) is 34.4 Å². The number of amides is 1. The number of carbonyl (C=O) groups excluding carboxylic acids is 1. The van der Waals surface area contributed by atoms with Crippen molar-refractivity contribution >= 4 is 5.91 Å². The molecule has 144 valence electrons. The van der Waals surface area contributed by atoms with Crippen LogP contribution in [-0.2, 0) is 6.61 Å². The number of methoxy groups -OCH3 is 2. The molecule has 2 aromatic carbocycles. The zero-order chi connectivity index (χ0) is 19.2. The van der Waals surface area contributed by atoms with Crippen LogP contribution in [0.3, 0.4) is 0 Å². The number of benzene rings is 2. The second-order valence-electron chi connectivity index (χ2n) is 6.55. The highest BCUT2D eigenvalue weighted by Gasteiger charge is 2.26. The van der Waals surface area contributed by atoms with Crippen LogP contribution in [-0.4, -0.2) is 51.2 Å². The largest absolute Gasteiger partial charge is 0.493 e. The molecule has 0 saturated carbocycles. The Morgan fingerprint density at radius 1 is 1.15 bits per heavy atom. The van der Waals surface area contributed by atoms with Crippen LogP contribution in [0.25, 0.3) is 0 Å². The summed E-state index contributed by atoms with van der Waals surface area (Å²) in [4.78, 5) is 14.7. The molecule has 6 heteroatoms. The van der Waals surface area contributed by atoms with Gasteiger partial charge in [0.05, 0.1) is 14.2 Å². The molecule has 1 saturated heterocycles. The van der Waals surface area contributed by atoms with Gasteiger partial charge in [0.25, 0.3) is 5.91 Å². The summed E-state index contributed by atoms with van der Waals surface area (Å²) in [5, 5.41) is 3.28. The van der Waals surface area contributed by atoms with E-state index in [0.717, 1.165) is 25.1 Å². The van der Waals surface area contributed by atoms with Gasteiger partial charge in [-0.3, -0.25) is 4.79 Å². The summed E-state index contributed by atoms with van der Waals surface area (Å²) < 4.78 is 16.9. The fraction of sp³-hybridized carbons (Fsp3) is 0.381. The van der Waals surface area contributed by atoms with Crippen LogP contribution < -0.4 is 19.5 Å². The van der Waals surface area contributed by atoms with Gasteiger partial charge in [-0.05, 0) is 30.7 Å². The van der Waals surface area contributed by atoms with E-state index in [1.54, 1.807) is 31.3 Å². The Bertz CT molecular complexity index is 748. The summed E-state index contributed by atoms with van der Waals surface area (Å²) in [6.07, 6.45) is 0.953. The van der Waals surface area contributed by atoms with Crippen molar-refractivity contribution in [3.63, 3.8) is 0 Å². The molecule has 0 aromatic heterocycles. The Kier molecular flexibility index (Phi) is 6.19. The smallest absolute Gasteiger partial charge is 0.254 e. The normalized spacial score (nSPS) is 16.0. The Hall–Kier alpha value is -2.73. The van der Waals surface area contributed by atoms with E-state index in [4.69, 9.17) is 14.2 Å². The molecule has 3 rings (SSSR count). The molecule has 1 amide bonds. The lowest BCUT2D eigenvalue weighted by Crippen LogP contribution is -2.38. The second kappa shape index (κ2) is 8.77. The highest BCUT2D eigenvalue weighted by atomic mass is 16.5. The zero-order valence-electron chi connectivity index (χ0n) is 16.0. The maximum absolute atomic E-state index is 12.9. The summed E-state index contributed by atoms with van der Waals surface area (Å²) >= 11 is 0. The fourth-order valence-electron chi connectivity index (χ4n) is 3.21. The maximum Gasteiger partial charge on any atom is 0.254 e. The van der Waals surface area contributed by atoms with Crippen molar-refractivity contribution in [2.45, 2.75) is 19.1 Å². The van der Waals surface area contributed by atoms with Crippen molar-refractivity contribution in [3.8, 4) is 17.2 Å². The Morgan fingerprint density at radius 2 is 1.81 bits per heavy atom. The topological polar surface area (TPSA) is 60.0 Å². The number of hydrogen-bond donors (Lipinski definition) is 1. The van der Waals surface area contributed by atoms with Crippen LogP contribution in [0.4, 0.5) is 0 Å². The number of carbonyl (C=O) groups is 1. The Labute approximate surface area is 160 Å². The fourth-order valence-corrected chi connectivity index (χ4v) is 3.21. The predicted molar refractivity (Wildman–Crippen MR) is 104 cm³/mol. The van der Waals surface area contributed by atoms with Crippen LogP contribution in [0.15, 0.2) is 42.5 Å². The van der Waals surface area contributed by atoms with Gasteiger partial charge in [-0.15, -0.1) is 0 Å². The molecule has 1 heterocycles. The maximum atomic E-state index is 12.9. The second-order valence-corrected chi connectivity index (χ2v) is 6.55. The van der Waals surface area contributed by atoms with Gasteiger partial charge in [0.1, 0.15) is 6.61 Å². The van der Waals surface area contributed by atoms with E-state index in [2.05, 4.69) is 5.32 Å². The first-order valence-corrected chi connectivity index (χ1v) is 9.04. The van der Waals surface area contributed by atoms with Crippen LogP contribution in [0.2, 0.25) is 0 Å². The first-order valence-electron chi connectivity index (χ1n) is 9.04. The average molecular weight is 370 g/mol. The first-order chi connectivity index (χ1) is 13.1. The van der Waals surface area contributed by atoms with Gasteiger partial charge >= 0.3 is 0 Å². The molecule has 1 fully saturated rings. The number of nitrogens with zero attached hydrogens (tertiary/aromatic N) is 1. The summed E-state index contributed by atoms with van der Waals surface area (Å²) in [5.74, 6) is 1.39. The molecular weight excluding hydrogens is 344 g/mol. The molecular formula is C21H26N2O4. The van der Waals surface area contributed by atoms with Crippen LogP contribution in [0, 0.1) is 0 Å². The third-order valence-electron chi connectivity index (χ3n) is 4.84. The van der Waals surface area contributed by atoms with E-state index in [-0.39, 0.29) is 11.9 Å². The lowest BCUT2D eigenvalue weighted by Gasteiger charge is -2.24. The molecule has 6 nitrogen and oxygen atoms in total. The van der Waals surface area contributed by atoms with Gasteiger partial charge in [-0.2, -0.15) is 0 Å². The monoisotopic (exact) mass is 370 g/mol. The SMILES string of the molecule is COc1cc(C(=O)N(C)C2CCNC2)cc(OC)c1OCc1ccccc1. The molecule has 1 unspecified atom stereocenters. The third-order valence-corrected chi connectivity index (χ3v) is 4.84. The first kappa shape index (κ1) is 19.0. The van der Waals surface area contributed by atoms with Gasteiger partial charge in [-0.25, -0.2) is 0 Å². The minimum absolute atomic E-state index is 0.0603. The van der Waals surface area contributed by atoms with Crippen molar-refractivity contribution in [2.24, 2.45) is 0 Å². The van der Waals surface area contributed by atoms with Gasteiger partial charge in [0.15, 0.2) is 11.5 Å². The molecule has 2 aromatic rings. The van der Waals surface area contributed by atoms with E-state index in [1.165, 1.54) is 0 Å². The van der Waals surface area contributed by atoms with Crippen molar-refractivity contribution in [1.82, 2.24) is 10.2 Å². The number of nitrogens with one attached hydrogen (secondary N) is 1. The van der Waals surface area contributed by atoms with E-state index >= 15 is 0 Å². The number of ether oxygens (including phenoxy) is 3. The molecule has 0 radical (unpaired) electrons. The van der Waals surface area contributed by atoms with Crippen molar-refractivity contribution < 1.29 is 19.0 Å². The summed E-state index contributed by atoms with van der Waals surface area (Å²) in [6.45, 7) is 2.13. The summed E-state index contributed by atoms with van der Waals surface area (Å²) in [6, 6.07) is 13.5. The highest BCUT2D eigenvalue weighted by Crippen LogP contribution is 2.39. The van der Waals surface area contributed by atoms with Crippen LogP contribution in [0.5, 0.6) is 17.2 Å². The quantitative estimate of drug-likeness (QED) is 0.812. The van der Waals surface area contributed by atoms with Gasteiger partial charge in [0.2, 0.25) is 5.75 Å². The molecule has 0 aliphatic carbocycles. The Balaban J connectivity index is 1.83. The molecule has 1 atom stereocenters. The van der Waals surface area contributed by atoms with Gasteiger partial charge < -0.3 is 24.4 Å². The predicted octanol–water partition coefficient (Wildman–Crippen LogP) is 2.72. The van der Waals surface area contributed by atoms with Gasteiger partial charge in [0, 0.05) is 25.2 Å². The molecule has 1 aliphatic rings. The zero-order valence-corrected chi connectivity index (χ0v) is 16.0. The number of rotatable bonds is 7. The number of hydrogen-bond acceptors (Lipinski definition) is 5. The molecule has 1 aliphatic heterocycles. The van der Waals surface area contributed by atoms with Crippen molar-refractivity contribution in [1.29, 1.82) is 0 Å². The minimum Gasteiger partial charge on any atom is -0.493 e. The Morgan fingerprint density at radius 3 is 2.37 bits per heavy atom.